The minimum Gasteiger partial charge on any atom is -0.388 e. The van der Waals surface area contributed by atoms with Crippen molar-refractivity contribution in [2.45, 2.75) is 44.1 Å². The van der Waals surface area contributed by atoms with Crippen LogP contribution in [0, 0.1) is 0 Å². The fourth-order valence-electron chi connectivity index (χ4n) is 2.96. The van der Waals surface area contributed by atoms with Gasteiger partial charge in [-0.15, -0.1) is 0 Å². The molecule has 1 heterocycles. The molecule has 0 radical (unpaired) electrons. The highest BCUT2D eigenvalue weighted by molar-refractivity contribution is 5.79. The monoisotopic (exact) mass is 286 g/mol. The number of nitrogens with one attached hydrogen (secondary N) is 1. The number of fused-ring (bicyclic) bond motifs is 1. The van der Waals surface area contributed by atoms with Gasteiger partial charge in [-0.3, -0.25) is 0 Å². The Bertz CT molecular complexity index is 621. The summed E-state index contributed by atoms with van der Waals surface area (Å²) in [6.45, 7) is 0.476. The number of nitrogen functional groups attached to an aromatic ring is 1. The maximum absolute atomic E-state index is 10.7. The van der Waals surface area contributed by atoms with Gasteiger partial charge in [0.05, 0.1) is 16.6 Å². The second-order valence-electron chi connectivity index (χ2n) is 5.94. The maximum atomic E-state index is 10.7. The van der Waals surface area contributed by atoms with E-state index in [1.54, 1.807) is 0 Å². The molecule has 5 heteroatoms. The number of para-hydroxylation sites is 2. The first-order valence-electron chi connectivity index (χ1n) is 7.65. The SMILES string of the molecule is Nc1nc2ccccc2nc1NCC1(O)CCCCCC1. The van der Waals surface area contributed by atoms with Crippen molar-refractivity contribution in [3.63, 3.8) is 0 Å². The van der Waals surface area contributed by atoms with Crippen molar-refractivity contribution in [2.24, 2.45) is 0 Å². The van der Waals surface area contributed by atoms with E-state index in [0.717, 1.165) is 36.7 Å². The van der Waals surface area contributed by atoms with E-state index in [9.17, 15) is 5.11 Å². The predicted molar refractivity (Wildman–Crippen MR) is 85.1 cm³/mol. The summed E-state index contributed by atoms with van der Waals surface area (Å²) >= 11 is 0. The summed E-state index contributed by atoms with van der Waals surface area (Å²) in [6.07, 6.45) is 6.25. The number of aliphatic hydroxyl groups is 1. The summed E-state index contributed by atoms with van der Waals surface area (Å²) in [4.78, 5) is 8.86. The Morgan fingerprint density at radius 1 is 1.05 bits per heavy atom. The molecular weight excluding hydrogens is 264 g/mol. The third-order valence-electron chi connectivity index (χ3n) is 4.22. The van der Waals surface area contributed by atoms with E-state index in [-0.39, 0.29) is 0 Å². The lowest BCUT2D eigenvalue weighted by Gasteiger charge is -2.27. The van der Waals surface area contributed by atoms with Gasteiger partial charge in [-0.1, -0.05) is 37.8 Å². The number of nitrogens with zero attached hydrogens (tertiary/aromatic N) is 2. The molecular formula is C16H22N4O. The van der Waals surface area contributed by atoms with Crippen LogP contribution in [0.1, 0.15) is 38.5 Å². The minimum absolute atomic E-state index is 0.380. The van der Waals surface area contributed by atoms with Gasteiger partial charge in [0.1, 0.15) is 0 Å². The van der Waals surface area contributed by atoms with Gasteiger partial charge in [0.15, 0.2) is 11.6 Å². The predicted octanol–water partition coefficient (Wildman–Crippen LogP) is 2.71. The maximum Gasteiger partial charge on any atom is 0.169 e. The van der Waals surface area contributed by atoms with Crippen LogP contribution in [-0.4, -0.2) is 27.2 Å². The average molecular weight is 286 g/mol. The first-order chi connectivity index (χ1) is 10.2. The number of aromatic nitrogens is 2. The Labute approximate surface area is 124 Å². The quantitative estimate of drug-likeness (QED) is 0.755. The fourth-order valence-corrected chi connectivity index (χ4v) is 2.96. The third-order valence-corrected chi connectivity index (χ3v) is 4.22. The van der Waals surface area contributed by atoms with Crippen LogP contribution in [0.5, 0.6) is 0 Å². The molecule has 1 aromatic heterocycles. The molecule has 0 amide bonds. The average Bonchev–Trinajstić information content (AvgIpc) is 2.70. The molecule has 112 valence electrons. The van der Waals surface area contributed by atoms with Crippen LogP contribution in [0.15, 0.2) is 24.3 Å². The molecule has 0 atom stereocenters. The highest BCUT2D eigenvalue weighted by atomic mass is 16.3. The molecule has 1 aliphatic rings. The largest absolute Gasteiger partial charge is 0.388 e. The first kappa shape index (κ1) is 14.1. The normalized spacial score (nSPS) is 18.3. The van der Waals surface area contributed by atoms with Crippen molar-refractivity contribution in [2.75, 3.05) is 17.6 Å². The standard InChI is InChI=1S/C16H22N4O/c17-14-15(20-13-8-4-3-7-12(13)19-14)18-11-16(21)9-5-1-2-6-10-16/h3-4,7-8,21H,1-2,5-6,9-11H2,(H2,17,19)(H,18,20). The molecule has 0 aliphatic heterocycles. The highest BCUT2D eigenvalue weighted by Crippen LogP contribution is 2.28. The second-order valence-corrected chi connectivity index (χ2v) is 5.94. The molecule has 0 saturated heterocycles. The van der Waals surface area contributed by atoms with Crippen LogP contribution < -0.4 is 11.1 Å². The van der Waals surface area contributed by atoms with Gasteiger partial charge in [0.25, 0.3) is 0 Å². The molecule has 1 saturated carbocycles. The molecule has 1 aliphatic carbocycles. The van der Waals surface area contributed by atoms with E-state index in [4.69, 9.17) is 5.73 Å². The molecule has 1 aromatic carbocycles. The number of hydrogen-bond acceptors (Lipinski definition) is 5. The Kier molecular flexibility index (Phi) is 3.92. The molecule has 21 heavy (non-hydrogen) atoms. The van der Waals surface area contributed by atoms with Crippen LogP contribution in [0.2, 0.25) is 0 Å². The summed E-state index contributed by atoms with van der Waals surface area (Å²) in [7, 11) is 0. The Hall–Kier alpha value is -1.88. The summed E-state index contributed by atoms with van der Waals surface area (Å²) in [6, 6.07) is 7.64. The lowest BCUT2D eigenvalue weighted by Crippen LogP contribution is -2.36. The van der Waals surface area contributed by atoms with Gasteiger partial charge in [0, 0.05) is 6.54 Å². The number of benzene rings is 1. The zero-order valence-corrected chi connectivity index (χ0v) is 12.2. The molecule has 1 fully saturated rings. The third kappa shape index (κ3) is 3.24. The van der Waals surface area contributed by atoms with E-state index in [1.165, 1.54) is 12.8 Å². The number of hydrogen-bond donors (Lipinski definition) is 3. The Morgan fingerprint density at radius 3 is 2.33 bits per heavy atom. The van der Waals surface area contributed by atoms with Gasteiger partial charge in [-0.2, -0.15) is 0 Å². The lowest BCUT2D eigenvalue weighted by atomic mass is 9.94. The van der Waals surface area contributed by atoms with Crippen LogP contribution in [0.4, 0.5) is 11.6 Å². The van der Waals surface area contributed by atoms with Crippen molar-refractivity contribution in [3.8, 4) is 0 Å². The summed E-state index contributed by atoms with van der Waals surface area (Å²) in [5, 5.41) is 13.9. The lowest BCUT2D eigenvalue weighted by molar-refractivity contribution is 0.0381. The van der Waals surface area contributed by atoms with Crippen molar-refractivity contribution < 1.29 is 5.11 Å². The molecule has 0 bridgehead atoms. The van der Waals surface area contributed by atoms with E-state index in [2.05, 4.69) is 15.3 Å². The van der Waals surface area contributed by atoms with Crippen molar-refractivity contribution in [1.29, 1.82) is 0 Å². The second kappa shape index (κ2) is 5.85. The summed E-state index contributed by atoms with van der Waals surface area (Å²) in [5.74, 6) is 0.942. The molecule has 4 N–H and O–H groups in total. The van der Waals surface area contributed by atoms with Crippen molar-refractivity contribution in [3.05, 3.63) is 24.3 Å². The van der Waals surface area contributed by atoms with E-state index >= 15 is 0 Å². The zero-order chi connectivity index (χ0) is 14.7. The van der Waals surface area contributed by atoms with Crippen LogP contribution >= 0.6 is 0 Å². The van der Waals surface area contributed by atoms with Gasteiger partial charge in [-0.05, 0) is 25.0 Å². The zero-order valence-electron chi connectivity index (χ0n) is 12.2. The van der Waals surface area contributed by atoms with E-state index < -0.39 is 5.60 Å². The smallest absolute Gasteiger partial charge is 0.169 e. The number of rotatable bonds is 3. The van der Waals surface area contributed by atoms with E-state index in [0.29, 0.717) is 18.2 Å². The van der Waals surface area contributed by atoms with Crippen molar-refractivity contribution in [1.82, 2.24) is 9.97 Å². The van der Waals surface area contributed by atoms with Gasteiger partial charge < -0.3 is 16.2 Å². The van der Waals surface area contributed by atoms with Gasteiger partial charge in [0.2, 0.25) is 0 Å². The molecule has 0 spiro atoms. The minimum atomic E-state index is -0.656. The van der Waals surface area contributed by atoms with Crippen LogP contribution in [0.3, 0.4) is 0 Å². The number of nitrogens with two attached hydrogens (primary N) is 1. The van der Waals surface area contributed by atoms with Crippen molar-refractivity contribution >= 4 is 22.7 Å². The summed E-state index contributed by atoms with van der Waals surface area (Å²) in [5.41, 5.74) is 6.90. The topological polar surface area (TPSA) is 84.1 Å². The van der Waals surface area contributed by atoms with Gasteiger partial charge in [-0.25, -0.2) is 9.97 Å². The molecule has 2 aromatic rings. The summed E-state index contributed by atoms with van der Waals surface area (Å²) < 4.78 is 0. The number of anilines is 2. The Morgan fingerprint density at radius 2 is 1.67 bits per heavy atom. The Balaban J connectivity index is 1.76. The highest BCUT2D eigenvalue weighted by Gasteiger charge is 2.28. The van der Waals surface area contributed by atoms with Gasteiger partial charge >= 0.3 is 0 Å². The molecule has 3 rings (SSSR count). The van der Waals surface area contributed by atoms with Crippen LogP contribution in [-0.2, 0) is 0 Å². The van der Waals surface area contributed by atoms with E-state index in [1.807, 2.05) is 24.3 Å². The first-order valence-corrected chi connectivity index (χ1v) is 7.65. The molecule has 5 nitrogen and oxygen atoms in total. The van der Waals surface area contributed by atoms with Crippen LogP contribution in [0.25, 0.3) is 11.0 Å². The fraction of sp³-hybridized carbons (Fsp3) is 0.500. The molecule has 0 unspecified atom stereocenters.